The Morgan fingerprint density at radius 1 is 0.667 bits per heavy atom. The molecule has 51 heavy (non-hydrogen) atoms. The number of esters is 1. The molecule has 2 fully saturated rings. The molecule has 0 bridgehead atoms. The summed E-state index contributed by atoms with van der Waals surface area (Å²) in [6.07, 6.45) is 0.877. The van der Waals surface area contributed by atoms with Crippen LogP contribution < -0.4 is 4.90 Å². The number of hydrogen-bond donors (Lipinski definition) is 0. The number of carbonyl (C=O) groups is 4. The number of anilines is 1. The molecule has 0 aromatic heterocycles. The molecule has 8 rings (SSSR count). The molecule has 3 aliphatic rings. The lowest BCUT2D eigenvalue weighted by atomic mass is 9.96. The summed E-state index contributed by atoms with van der Waals surface area (Å²) in [5.41, 5.74) is 8.20. The maximum absolute atomic E-state index is 13.7. The van der Waals surface area contributed by atoms with Crippen molar-refractivity contribution in [1.29, 1.82) is 0 Å². The number of imide groups is 1. The molecule has 0 saturated carbocycles. The molecule has 2 heterocycles. The van der Waals surface area contributed by atoms with Crippen LogP contribution >= 0.6 is 0 Å². The number of piperazine rings is 1. The topological polar surface area (TPSA) is 87.2 Å². The average Bonchev–Trinajstić information content (AvgIpc) is 3.70. The van der Waals surface area contributed by atoms with Gasteiger partial charge in [-0.1, -0.05) is 97.1 Å². The van der Waals surface area contributed by atoms with Crippen LogP contribution in [0.2, 0.25) is 0 Å². The highest BCUT2D eigenvalue weighted by molar-refractivity contribution is 6.22. The molecule has 8 nitrogen and oxygen atoms in total. The van der Waals surface area contributed by atoms with Crippen molar-refractivity contribution in [3.8, 4) is 11.1 Å². The van der Waals surface area contributed by atoms with Crippen LogP contribution in [0, 0.1) is 0 Å². The van der Waals surface area contributed by atoms with E-state index in [2.05, 4.69) is 70.5 Å². The van der Waals surface area contributed by atoms with Gasteiger partial charge in [0.25, 0.3) is 5.91 Å². The van der Waals surface area contributed by atoms with Crippen LogP contribution in [0.25, 0.3) is 11.1 Å². The molecule has 1 atom stereocenters. The monoisotopic (exact) mass is 675 g/mol. The Hall–Kier alpha value is -5.70. The number of Topliss-reactive ketones (excluding diaryl/α,β-unsaturated/α-hetero) is 1. The highest BCUT2D eigenvalue weighted by Gasteiger charge is 2.44. The van der Waals surface area contributed by atoms with Crippen molar-refractivity contribution in [2.24, 2.45) is 0 Å². The molecule has 2 saturated heterocycles. The number of nitrogens with zero attached hydrogens (tertiary/aromatic N) is 3. The van der Waals surface area contributed by atoms with Gasteiger partial charge < -0.3 is 4.74 Å². The van der Waals surface area contributed by atoms with E-state index in [-0.39, 0.29) is 42.2 Å². The molecule has 1 unspecified atom stereocenters. The Morgan fingerprint density at radius 3 is 1.96 bits per heavy atom. The summed E-state index contributed by atoms with van der Waals surface area (Å²) in [6, 6.07) is 40.5. The number of rotatable bonds is 9. The molecule has 2 aliphatic heterocycles. The van der Waals surface area contributed by atoms with E-state index in [9.17, 15) is 19.2 Å². The quantitative estimate of drug-likeness (QED) is 0.101. The lowest BCUT2D eigenvalue weighted by Crippen LogP contribution is -2.53. The summed E-state index contributed by atoms with van der Waals surface area (Å²) in [7, 11) is 0. The third kappa shape index (κ3) is 6.40. The first-order valence-corrected chi connectivity index (χ1v) is 17.4. The number of ketones is 1. The van der Waals surface area contributed by atoms with E-state index in [1.54, 1.807) is 18.2 Å². The molecule has 2 amide bonds. The number of amides is 2. The number of benzene rings is 5. The van der Waals surface area contributed by atoms with Gasteiger partial charge in [-0.2, -0.15) is 0 Å². The highest BCUT2D eigenvalue weighted by Crippen LogP contribution is 2.37. The first-order valence-electron chi connectivity index (χ1n) is 17.4. The third-order valence-electron chi connectivity index (χ3n) is 10.3. The van der Waals surface area contributed by atoms with E-state index >= 15 is 0 Å². The maximum atomic E-state index is 13.7. The van der Waals surface area contributed by atoms with Crippen LogP contribution in [0.3, 0.4) is 0 Å². The van der Waals surface area contributed by atoms with Crippen molar-refractivity contribution in [3.05, 3.63) is 161 Å². The minimum absolute atomic E-state index is 0.104. The van der Waals surface area contributed by atoms with Gasteiger partial charge in [-0.05, 0) is 70.1 Å². The second kappa shape index (κ2) is 13.9. The van der Waals surface area contributed by atoms with Crippen molar-refractivity contribution < 1.29 is 23.9 Å². The predicted molar refractivity (Wildman–Crippen MR) is 195 cm³/mol. The summed E-state index contributed by atoms with van der Waals surface area (Å²) in [5.74, 6) is -1.45. The molecular weight excluding hydrogens is 638 g/mol. The van der Waals surface area contributed by atoms with Gasteiger partial charge in [-0.3, -0.25) is 24.2 Å². The first-order chi connectivity index (χ1) is 24.9. The number of carbonyl (C=O) groups excluding carboxylic acids is 4. The zero-order valence-corrected chi connectivity index (χ0v) is 28.1. The van der Waals surface area contributed by atoms with E-state index in [1.807, 2.05) is 36.4 Å². The smallest absolute Gasteiger partial charge is 0.338 e. The van der Waals surface area contributed by atoms with E-state index in [4.69, 9.17) is 4.74 Å². The van der Waals surface area contributed by atoms with Crippen LogP contribution in [-0.4, -0.2) is 72.2 Å². The van der Waals surface area contributed by atoms with Crippen LogP contribution in [0.1, 0.15) is 55.4 Å². The number of ether oxygens (including phenoxy) is 1. The minimum Gasteiger partial charge on any atom is -0.454 e. The molecule has 0 radical (unpaired) electrons. The van der Waals surface area contributed by atoms with Crippen molar-refractivity contribution in [2.45, 2.75) is 24.9 Å². The number of hydrogen-bond acceptors (Lipinski definition) is 7. The first kappa shape index (κ1) is 32.5. The summed E-state index contributed by atoms with van der Waals surface area (Å²) in [6.45, 7) is 2.45. The second-order valence-corrected chi connectivity index (χ2v) is 13.3. The second-order valence-electron chi connectivity index (χ2n) is 13.3. The van der Waals surface area contributed by atoms with Crippen LogP contribution in [0.5, 0.6) is 0 Å². The molecule has 5 aromatic carbocycles. The fourth-order valence-corrected chi connectivity index (χ4v) is 7.73. The molecule has 5 aromatic rings. The summed E-state index contributed by atoms with van der Waals surface area (Å²) in [4.78, 5) is 58.4. The number of fused-ring (bicyclic) bond motifs is 3. The largest absolute Gasteiger partial charge is 0.454 e. The summed E-state index contributed by atoms with van der Waals surface area (Å²) in [5, 5.41) is 0. The lowest BCUT2D eigenvalue weighted by molar-refractivity contribution is -0.123. The van der Waals surface area contributed by atoms with Crippen molar-refractivity contribution >= 4 is 29.3 Å². The zero-order valence-electron chi connectivity index (χ0n) is 28.1. The fraction of sp³-hybridized carbons (Fsp3) is 0.209. The Bertz CT molecular complexity index is 2070. The van der Waals surface area contributed by atoms with Gasteiger partial charge >= 0.3 is 5.97 Å². The third-order valence-corrected chi connectivity index (χ3v) is 10.3. The zero-order chi connectivity index (χ0) is 34.9. The van der Waals surface area contributed by atoms with Crippen molar-refractivity contribution in [3.63, 3.8) is 0 Å². The molecule has 0 N–H and O–H groups in total. The molecule has 0 spiro atoms. The SMILES string of the molecule is O=C(COC(=O)c1ccc(N2C(=O)CC(N3CCN(C(c4ccccc4)c4ccccc4)CC3)C2=O)cc1)c1ccc2c(c1)Cc1ccccc1-2. The van der Waals surface area contributed by atoms with Crippen LogP contribution in [-0.2, 0) is 20.7 Å². The van der Waals surface area contributed by atoms with Crippen molar-refractivity contribution in [1.82, 2.24) is 9.80 Å². The summed E-state index contributed by atoms with van der Waals surface area (Å²) < 4.78 is 5.36. The molecule has 254 valence electrons. The molecule has 1 aliphatic carbocycles. The molecular formula is C43H37N3O5. The fourth-order valence-electron chi connectivity index (χ4n) is 7.73. The Balaban J connectivity index is 0.872. The van der Waals surface area contributed by atoms with Gasteiger partial charge in [0.2, 0.25) is 5.91 Å². The van der Waals surface area contributed by atoms with Gasteiger partial charge in [0.15, 0.2) is 12.4 Å². The Labute approximate surface area is 296 Å². The van der Waals surface area contributed by atoms with E-state index in [0.29, 0.717) is 24.3 Å². The van der Waals surface area contributed by atoms with Gasteiger partial charge in [0.05, 0.1) is 29.8 Å². The maximum Gasteiger partial charge on any atom is 0.338 e. The normalized spacial score (nSPS) is 17.4. The van der Waals surface area contributed by atoms with Gasteiger partial charge in [-0.25, -0.2) is 9.69 Å². The van der Waals surface area contributed by atoms with Crippen molar-refractivity contribution in [2.75, 3.05) is 37.7 Å². The van der Waals surface area contributed by atoms with Crippen LogP contribution in [0.4, 0.5) is 5.69 Å². The highest BCUT2D eigenvalue weighted by atomic mass is 16.5. The predicted octanol–water partition coefficient (Wildman–Crippen LogP) is 6.34. The van der Waals surface area contributed by atoms with Gasteiger partial charge in [0.1, 0.15) is 0 Å². The van der Waals surface area contributed by atoms with E-state index in [0.717, 1.165) is 30.6 Å². The Kier molecular flexibility index (Phi) is 8.86. The van der Waals surface area contributed by atoms with E-state index in [1.165, 1.54) is 39.3 Å². The Morgan fingerprint density at radius 2 is 1.27 bits per heavy atom. The van der Waals surface area contributed by atoms with Crippen LogP contribution in [0.15, 0.2) is 127 Å². The lowest BCUT2D eigenvalue weighted by Gasteiger charge is -2.41. The average molecular weight is 676 g/mol. The standard InChI is InChI=1S/C43H37N3O5/c47-39(33-17-20-37-34(26-33)25-32-13-7-8-14-36(32)37)28-51-43(50)31-15-18-35(19-16-31)46-40(48)27-38(42(46)49)44-21-23-45(24-22-44)41(29-9-3-1-4-10-29)30-11-5-2-6-12-30/h1-20,26,38,41H,21-25,27-28H2. The molecule has 8 heteroatoms. The minimum atomic E-state index is -0.650. The summed E-state index contributed by atoms with van der Waals surface area (Å²) >= 11 is 0. The van der Waals surface area contributed by atoms with Gasteiger partial charge in [-0.15, -0.1) is 0 Å². The van der Waals surface area contributed by atoms with E-state index < -0.39 is 12.0 Å². The van der Waals surface area contributed by atoms with Gasteiger partial charge in [0, 0.05) is 31.7 Å².